The first-order valence-corrected chi connectivity index (χ1v) is 12.2. The van der Waals surface area contributed by atoms with Gasteiger partial charge >= 0.3 is 0 Å². The number of benzene rings is 1. The van der Waals surface area contributed by atoms with Crippen LogP contribution in [0.5, 0.6) is 0 Å². The fourth-order valence-electron chi connectivity index (χ4n) is 8.19. The van der Waals surface area contributed by atoms with Crippen molar-refractivity contribution in [2.75, 3.05) is 0 Å². The van der Waals surface area contributed by atoms with Crippen molar-refractivity contribution in [3.63, 3.8) is 0 Å². The third-order valence-corrected chi connectivity index (χ3v) is 9.72. The molecule has 0 amide bonds. The van der Waals surface area contributed by atoms with Crippen molar-refractivity contribution in [1.82, 2.24) is 4.98 Å². The molecule has 2 saturated carbocycles. The van der Waals surface area contributed by atoms with Crippen molar-refractivity contribution in [1.29, 1.82) is 0 Å². The van der Waals surface area contributed by atoms with E-state index in [-0.39, 0.29) is 16.6 Å². The van der Waals surface area contributed by atoms with Crippen molar-refractivity contribution < 1.29 is 9.94 Å². The lowest BCUT2D eigenvalue weighted by molar-refractivity contribution is -0.126. The Kier molecular flexibility index (Phi) is 3.76. The van der Waals surface area contributed by atoms with E-state index in [4.69, 9.17) is 4.74 Å². The molecule has 32 heavy (non-hydrogen) atoms. The molecule has 4 nitrogen and oxygen atoms in total. The average molecular weight is 427 g/mol. The Morgan fingerprint density at radius 2 is 2.06 bits per heavy atom. The molecule has 7 rings (SSSR count). The average Bonchev–Trinajstić information content (AvgIpc) is 3.33. The lowest BCUT2D eigenvalue weighted by atomic mass is 9.58. The second-order valence-corrected chi connectivity index (χ2v) is 11.0. The molecule has 1 N–H and O–H groups in total. The highest BCUT2D eigenvalue weighted by atomic mass is 16.5. The number of hydrogen-bond donors (Lipinski definition) is 1. The second-order valence-electron chi connectivity index (χ2n) is 11.0. The predicted molar refractivity (Wildman–Crippen MR) is 125 cm³/mol. The fourth-order valence-corrected chi connectivity index (χ4v) is 8.19. The van der Waals surface area contributed by atoms with Gasteiger partial charge in [-0.1, -0.05) is 36.4 Å². The lowest BCUT2D eigenvalue weighted by Gasteiger charge is -2.54. The molecule has 5 atom stereocenters. The van der Waals surface area contributed by atoms with Crippen molar-refractivity contribution in [2.45, 2.75) is 75.4 Å². The molecule has 2 spiro atoms. The fraction of sp³-hybridized carbons (Fsp3) is 0.500. The van der Waals surface area contributed by atoms with Gasteiger partial charge < -0.3 is 9.94 Å². The zero-order valence-corrected chi connectivity index (χ0v) is 18.7. The smallest absolute Gasteiger partial charge is 0.0975 e. The van der Waals surface area contributed by atoms with Gasteiger partial charge in [-0.15, -0.1) is 0 Å². The summed E-state index contributed by atoms with van der Waals surface area (Å²) in [6.07, 6.45) is 17.1. The molecule has 1 aromatic carbocycles. The van der Waals surface area contributed by atoms with Crippen molar-refractivity contribution in [3.8, 4) is 0 Å². The largest absolute Gasteiger partial charge is 0.411 e. The maximum Gasteiger partial charge on any atom is 0.0975 e. The van der Waals surface area contributed by atoms with E-state index in [2.05, 4.69) is 53.5 Å². The van der Waals surface area contributed by atoms with Gasteiger partial charge in [0.25, 0.3) is 0 Å². The molecule has 1 unspecified atom stereocenters. The molecule has 2 aliphatic heterocycles. The van der Waals surface area contributed by atoms with Gasteiger partial charge in [-0.05, 0) is 96.4 Å². The molecular formula is C28H30N2O2. The Bertz CT molecular complexity index is 1230. The van der Waals surface area contributed by atoms with Crippen LogP contribution in [0.3, 0.4) is 0 Å². The van der Waals surface area contributed by atoms with Gasteiger partial charge in [0.05, 0.1) is 16.9 Å². The summed E-state index contributed by atoms with van der Waals surface area (Å²) < 4.78 is 7.21. The number of hydrogen-bond acceptors (Lipinski definition) is 4. The summed E-state index contributed by atoms with van der Waals surface area (Å²) in [7, 11) is 0. The van der Waals surface area contributed by atoms with Crippen LogP contribution in [0.1, 0.15) is 69.8 Å². The van der Waals surface area contributed by atoms with Crippen LogP contribution in [-0.2, 0) is 4.74 Å². The topological polar surface area (TPSA) is 54.7 Å². The van der Waals surface area contributed by atoms with E-state index in [1.54, 1.807) is 0 Å². The summed E-state index contributed by atoms with van der Waals surface area (Å²) in [5.41, 5.74) is 5.03. The van der Waals surface area contributed by atoms with E-state index in [0.29, 0.717) is 11.8 Å². The van der Waals surface area contributed by atoms with Crippen LogP contribution in [0.2, 0.25) is 0 Å². The maximum absolute atomic E-state index is 9.46. The normalized spacial score (nSPS) is 41.1. The Morgan fingerprint density at radius 1 is 1.12 bits per heavy atom. The van der Waals surface area contributed by atoms with Crippen LogP contribution in [0.4, 0.5) is 0 Å². The Labute approximate surface area is 189 Å². The van der Waals surface area contributed by atoms with Crippen molar-refractivity contribution >= 4 is 16.5 Å². The monoisotopic (exact) mass is 426 g/mol. The third kappa shape index (κ3) is 2.31. The van der Waals surface area contributed by atoms with Crippen LogP contribution in [0.25, 0.3) is 10.8 Å². The van der Waals surface area contributed by atoms with Crippen LogP contribution < -0.4 is 0 Å². The molecule has 2 bridgehead atoms. The molecule has 3 heterocycles. The van der Waals surface area contributed by atoms with E-state index in [1.165, 1.54) is 40.3 Å². The molecule has 3 aliphatic carbocycles. The number of aromatic nitrogens is 1. The molecular weight excluding hydrogens is 396 g/mol. The summed E-state index contributed by atoms with van der Waals surface area (Å²) in [4.78, 5) is 4.35. The minimum atomic E-state index is -0.234. The zero-order valence-electron chi connectivity index (χ0n) is 18.7. The Morgan fingerprint density at radius 3 is 2.97 bits per heavy atom. The molecule has 1 saturated heterocycles. The molecule has 2 aromatic rings. The first-order chi connectivity index (χ1) is 15.6. The lowest BCUT2D eigenvalue weighted by Crippen LogP contribution is -2.53. The Balaban J connectivity index is 1.30. The maximum atomic E-state index is 9.46. The minimum Gasteiger partial charge on any atom is -0.411 e. The zero-order chi connectivity index (χ0) is 21.6. The van der Waals surface area contributed by atoms with Gasteiger partial charge in [0, 0.05) is 24.2 Å². The number of nitrogens with zero attached hydrogens (tertiary/aromatic N) is 2. The predicted octanol–water partition coefficient (Wildman–Crippen LogP) is 6.31. The first-order valence-electron chi connectivity index (χ1n) is 12.2. The third-order valence-electron chi connectivity index (χ3n) is 9.72. The molecule has 1 aromatic heterocycles. The summed E-state index contributed by atoms with van der Waals surface area (Å²) in [5.74, 6) is 1.06. The highest BCUT2D eigenvalue weighted by Gasteiger charge is 2.66. The number of allylic oxidation sites excluding steroid dienone is 1. The summed E-state index contributed by atoms with van der Waals surface area (Å²) in [5, 5.41) is 15.6. The van der Waals surface area contributed by atoms with Gasteiger partial charge in [0.15, 0.2) is 0 Å². The molecule has 164 valence electrons. The highest BCUT2D eigenvalue weighted by molar-refractivity contribution is 5.87. The number of ether oxygens (including phenoxy) is 1. The minimum absolute atomic E-state index is 0.165. The van der Waals surface area contributed by atoms with Crippen LogP contribution in [0, 0.1) is 11.3 Å². The van der Waals surface area contributed by atoms with Gasteiger partial charge in [-0.3, -0.25) is 4.98 Å². The van der Waals surface area contributed by atoms with Gasteiger partial charge in [-0.2, -0.15) is 0 Å². The van der Waals surface area contributed by atoms with Gasteiger partial charge in [0.2, 0.25) is 0 Å². The number of rotatable bonds is 1. The standard InChI is InChI=1S/C28H30N2O2/c1-26-10-8-22-15-21-4-5-23(30-31)16-27(21)11-12-28(22,32-27)25(26)7-6-24(26)19-3-2-18-9-13-29-17-20(18)14-19/h2-3,8-9,13-15,17,24-25,31H,4-7,10-12,16H2,1H3/b30-23+/t24-,25-,26-,27-,28?/m1/s1. The molecule has 5 aliphatic rings. The van der Waals surface area contributed by atoms with E-state index < -0.39 is 0 Å². The van der Waals surface area contributed by atoms with E-state index >= 15 is 0 Å². The van der Waals surface area contributed by atoms with Gasteiger partial charge in [0.1, 0.15) is 0 Å². The van der Waals surface area contributed by atoms with Crippen molar-refractivity contribution in [3.05, 3.63) is 65.5 Å². The number of oxime groups is 1. The van der Waals surface area contributed by atoms with Crippen LogP contribution in [0.15, 0.2) is 65.1 Å². The molecule has 0 radical (unpaired) electrons. The summed E-state index contributed by atoms with van der Waals surface area (Å²) in [6.45, 7) is 2.51. The highest BCUT2D eigenvalue weighted by Crippen LogP contribution is 2.69. The number of fused-ring (bicyclic) bond motifs is 2. The summed E-state index contributed by atoms with van der Waals surface area (Å²) in [6, 6.07) is 9.08. The molecule has 4 heteroatoms. The quantitative estimate of drug-likeness (QED) is 0.430. The van der Waals surface area contributed by atoms with E-state index in [9.17, 15) is 5.21 Å². The van der Waals surface area contributed by atoms with E-state index in [1.807, 2.05) is 12.4 Å². The SMILES string of the molecule is C[C@]12CC=C3C=C4CC/C(=N\O)C[C@]45CCC3(O5)[C@@H]1CC[C@@H]2c1ccc2ccncc2c1. The first kappa shape index (κ1) is 19.0. The van der Waals surface area contributed by atoms with E-state index in [0.717, 1.165) is 44.2 Å². The van der Waals surface area contributed by atoms with Gasteiger partial charge in [-0.25, -0.2) is 0 Å². The number of pyridine rings is 1. The van der Waals surface area contributed by atoms with Crippen molar-refractivity contribution in [2.24, 2.45) is 16.5 Å². The Hall–Kier alpha value is -2.46. The van der Waals surface area contributed by atoms with Crippen LogP contribution >= 0.6 is 0 Å². The second kappa shape index (κ2) is 6.32. The van der Waals surface area contributed by atoms with Crippen LogP contribution in [-0.4, -0.2) is 27.1 Å². The summed E-state index contributed by atoms with van der Waals surface area (Å²) >= 11 is 0. The molecule has 3 fully saturated rings.